The molecule has 0 saturated carbocycles. The standard InChI is InChI=1S/C33H23ClF2N4O4S.C20H16ClN3O2S.C13H8ClF2NO2.CH4.ClH/c34-27-13-14-37-31-30(27)26(20-40(31)45-44-43-24-8-2-1-3-9-24)23-7-4-6-21(16-23)18-38-32(41)25-10-5-15-39(33(25)42)19-22-11-12-28(35)29(36)17-22;21-18-9-10-23-20-19(18)17(15-6-4-5-14(11-15)12-22)13-24(20)27(25,26)16-7-2-1-3-8-16;14-12(18)9-2-1-5-17(13(9)19)7-8-3-4-10(15)11(16)6-8;;/h1-17,20H,18-19H2,(H,38,41);1-11,13H,12,22H2;1-6H,7H2;1H4;1H. The lowest BCUT2D eigenvalue weighted by Gasteiger charge is -2.10. The van der Waals surface area contributed by atoms with E-state index >= 15 is 0 Å². The molecule has 12 rings (SSSR count). The molecule has 12 aromatic rings. The van der Waals surface area contributed by atoms with E-state index in [1.54, 1.807) is 77.0 Å². The van der Waals surface area contributed by atoms with Crippen LogP contribution in [-0.4, -0.2) is 46.6 Å². The van der Waals surface area contributed by atoms with Crippen molar-refractivity contribution in [1.29, 1.82) is 0 Å². The molecule has 6 heterocycles. The van der Waals surface area contributed by atoms with Gasteiger partial charge in [-0.1, -0.05) is 120 Å². The number of nitrogens with zero attached hydrogens (tertiary/aromatic N) is 6. The number of para-hydroxylation sites is 1. The molecule has 26 heteroatoms. The molecular weight excluding hydrogens is 1330 g/mol. The van der Waals surface area contributed by atoms with Crippen LogP contribution in [0.5, 0.6) is 5.75 Å². The highest BCUT2D eigenvalue weighted by atomic mass is 35.5. The Morgan fingerprint density at radius 1 is 0.581 bits per heavy atom. The minimum absolute atomic E-state index is 0. The second-order valence-corrected chi connectivity index (χ2v) is 23.5. The molecule has 3 N–H and O–H groups in total. The zero-order valence-electron chi connectivity index (χ0n) is 47.5. The Morgan fingerprint density at radius 3 is 1.67 bits per heavy atom. The van der Waals surface area contributed by atoms with E-state index in [0.717, 1.165) is 64.3 Å². The number of rotatable bonds is 17. The van der Waals surface area contributed by atoms with Gasteiger partial charge in [0.15, 0.2) is 52.5 Å². The fourth-order valence-electron chi connectivity index (χ4n) is 9.43. The van der Waals surface area contributed by atoms with Gasteiger partial charge in [0.05, 0.1) is 33.6 Å². The predicted molar refractivity (Wildman–Crippen MR) is 356 cm³/mol. The lowest BCUT2D eigenvalue weighted by atomic mass is 10.0. The van der Waals surface area contributed by atoms with Crippen LogP contribution in [0, 0.1) is 23.3 Å². The summed E-state index contributed by atoms with van der Waals surface area (Å²) in [6, 6.07) is 48.3. The number of benzene rings is 6. The van der Waals surface area contributed by atoms with E-state index in [0.29, 0.717) is 61.1 Å². The molecule has 0 saturated heterocycles. The van der Waals surface area contributed by atoms with Crippen LogP contribution in [0.25, 0.3) is 44.3 Å². The topological polar surface area (TPSA) is 204 Å². The number of hydrogen-bond acceptors (Lipinski definition) is 12. The molecule has 0 radical (unpaired) electrons. The number of halogens is 8. The van der Waals surface area contributed by atoms with Gasteiger partial charge in [-0.15, -0.1) is 12.4 Å². The Labute approximate surface area is 555 Å². The largest absolute Gasteiger partial charge is 0.348 e. The lowest BCUT2D eigenvalue weighted by molar-refractivity contribution is -0.0785. The molecule has 93 heavy (non-hydrogen) atoms. The van der Waals surface area contributed by atoms with Gasteiger partial charge in [0.25, 0.3) is 32.3 Å². The van der Waals surface area contributed by atoms with Gasteiger partial charge in [0.2, 0.25) is 0 Å². The van der Waals surface area contributed by atoms with Gasteiger partial charge >= 0.3 is 0 Å². The molecule has 0 unspecified atom stereocenters. The first-order valence-electron chi connectivity index (χ1n) is 27.2. The zero-order valence-corrected chi connectivity index (χ0v) is 52.2. The van der Waals surface area contributed by atoms with Gasteiger partial charge in [-0.3, -0.25) is 19.2 Å². The normalized spacial score (nSPS) is 10.9. The number of carbonyl (C=O) groups excluding carboxylic acids is 2. The first-order chi connectivity index (χ1) is 43.9. The van der Waals surface area contributed by atoms with Crippen LogP contribution in [0.4, 0.5) is 17.6 Å². The number of pyridine rings is 4. The van der Waals surface area contributed by atoms with Crippen molar-refractivity contribution >= 4 is 103 Å². The summed E-state index contributed by atoms with van der Waals surface area (Å²) in [6.45, 7) is 0.526. The summed E-state index contributed by atoms with van der Waals surface area (Å²) in [7, 11) is -3.81. The number of aromatic nitrogens is 6. The smallest absolute Gasteiger partial charge is 0.269 e. The molecule has 0 fully saturated rings. The van der Waals surface area contributed by atoms with Crippen molar-refractivity contribution in [2.45, 2.75) is 38.5 Å². The summed E-state index contributed by atoms with van der Waals surface area (Å²) in [4.78, 5) is 63.2. The third kappa shape index (κ3) is 16.3. The highest BCUT2D eigenvalue weighted by Crippen LogP contribution is 2.38. The maximum atomic E-state index is 13.6. The van der Waals surface area contributed by atoms with Gasteiger partial charge in [0.1, 0.15) is 5.56 Å². The average molecular weight is 1380 g/mol. The molecule has 16 nitrogen and oxygen atoms in total. The van der Waals surface area contributed by atoms with Crippen LogP contribution in [-0.2, 0) is 40.5 Å². The Bertz CT molecular complexity index is 4930. The molecule has 0 aliphatic heterocycles. The van der Waals surface area contributed by atoms with Crippen LogP contribution >= 0.6 is 59.4 Å². The molecule has 0 atom stereocenters. The second kappa shape index (κ2) is 31.3. The minimum Gasteiger partial charge on any atom is -0.348 e. The average Bonchev–Trinajstić information content (AvgIpc) is 1.69. The van der Waals surface area contributed by atoms with Crippen LogP contribution in [0.2, 0.25) is 10.0 Å². The van der Waals surface area contributed by atoms with E-state index in [-0.39, 0.29) is 55.5 Å². The van der Waals surface area contributed by atoms with Crippen LogP contribution < -0.4 is 27.1 Å². The molecular formula is C67H52Cl4F4N8O8S2. The SMILES string of the molecule is C.Cl.NCc1cccc(-c2cn(S(=O)(=O)c3ccccc3)c3nccc(Cl)c23)c1.O=C(Cl)c1cccn(Cc2ccc(F)c(F)c2)c1=O.O=C(NCc1cccc(-c2cn(SOOc3ccccc3)c3nccc(Cl)c23)c1)c1cccn(Cc2ccc(F)c(F)c2)c1=O. The van der Waals surface area contributed by atoms with Crippen molar-refractivity contribution in [3.63, 3.8) is 0 Å². The molecule has 6 aromatic heterocycles. The van der Waals surface area contributed by atoms with Crippen molar-refractivity contribution in [3.8, 4) is 28.0 Å². The third-order valence-corrected chi connectivity index (χ3v) is 16.9. The van der Waals surface area contributed by atoms with Gasteiger partial charge < -0.3 is 25.1 Å². The molecule has 0 aliphatic rings. The summed E-state index contributed by atoms with van der Waals surface area (Å²) in [5.41, 5.74) is 10.9. The zero-order chi connectivity index (χ0) is 64.3. The quantitative estimate of drug-likeness (QED) is 0.0287. The van der Waals surface area contributed by atoms with E-state index in [1.165, 1.54) is 62.0 Å². The van der Waals surface area contributed by atoms with Crippen molar-refractivity contribution in [3.05, 3.63) is 307 Å². The third-order valence-electron chi connectivity index (χ3n) is 13.8. The Morgan fingerprint density at radius 2 is 1.10 bits per heavy atom. The summed E-state index contributed by atoms with van der Waals surface area (Å²) in [5.74, 6) is -3.96. The Hall–Kier alpha value is -9.36. The fraction of sp³-hybridized carbons (Fsp3) is 0.0746. The summed E-state index contributed by atoms with van der Waals surface area (Å²) in [5, 5.41) is 4.18. The van der Waals surface area contributed by atoms with E-state index in [9.17, 15) is 45.2 Å². The van der Waals surface area contributed by atoms with E-state index in [2.05, 4.69) is 15.3 Å². The number of nitrogens with two attached hydrogens (primary N) is 1. The van der Waals surface area contributed by atoms with Crippen LogP contribution in [0.15, 0.2) is 234 Å². The van der Waals surface area contributed by atoms with Crippen molar-refractivity contribution in [1.82, 2.24) is 32.4 Å². The number of nitrogens with one attached hydrogen (secondary N) is 1. The van der Waals surface area contributed by atoms with Crippen molar-refractivity contribution < 1.29 is 44.8 Å². The molecule has 6 aromatic carbocycles. The van der Waals surface area contributed by atoms with E-state index in [4.69, 9.17) is 49.8 Å². The van der Waals surface area contributed by atoms with Gasteiger partial charge in [-0.25, -0.2) is 43.9 Å². The molecule has 0 aliphatic carbocycles. The second-order valence-electron chi connectivity index (χ2n) is 19.8. The molecule has 0 spiro atoms. The first kappa shape index (κ1) is 69.5. The Balaban J connectivity index is 0.000000196. The lowest BCUT2D eigenvalue weighted by Crippen LogP contribution is -2.32. The molecule has 0 bridgehead atoms. The monoisotopic (exact) mass is 1380 g/mol. The maximum Gasteiger partial charge on any atom is 0.269 e. The fourth-order valence-corrected chi connectivity index (χ4v) is 11.9. The number of amides is 1. The van der Waals surface area contributed by atoms with E-state index in [1.807, 2.05) is 72.9 Å². The maximum absolute atomic E-state index is 13.6. The number of fused-ring (bicyclic) bond motifs is 2. The van der Waals surface area contributed by atoms with Gasteiger partial charge in [-0.05, 0) is 142 Å². The van der Waals surface area contributed by atoms with Crippen molar-refractivity contribution in [2.75, 3.05) is 0 Å². The van der Waals surface area contributed by atoms with Crippen LogP contribution in [0.3, 0.4) is 0 Å². The number of hydrogen-bond donors (Lipinski definition) is 2. The summed E-state index contributed by atoms with van der Waals surface area (Å²) in [6.07, 6.45) is 9.43. The molecule has 476 valence electrons. The predicted octanol–water partition coefficient (Wildman–Crippen LogP) is 14.9. The van der Waals surface area contributed by atoms with Gasteiger partial charge in [-0.2, -0.15) is 0 Å². The summed E-state index contributed by atoms with van der Waals surface area (Å²) < 4.78 is 89.9. The highest BCUT2D eigenvalue weighted by molar-refractivity contribution is 7.93. The molecule has 1 amide bonds. The first-order valence-corrected chi connectivity index (χ1v) is 30.5. The number of carbonyl (C=O) groups is 2. The minimum atomic E-state index is -3.81. The van der Waals surface area contributed by atoms with Gasteiger partial charge in [0, 0.05) is 72.2 Å². The Kier molecular flexibility index (Phi) is 23.4. The van der Waals surface area contributed by atoms with E-state index < -0.39 is 55.6 Å². The van der Waals surface area contributed by atoms with Crippen molar-refractivity contribution in [2.24, 2.45) is 5.73 Å². The summed E-state index contributed by atoms with van der Waals surface area (Å²) >= 11 is 19.2. The highest BCUT2D eigenvalue weighted by Gasteiger charge is 2.25. The van der Waals surface area contributed by atoms with Crippen LogP contribution in [0.1, 0.15) is 50.4 Å².